The topological polar surface area (TPSA) is 65.0 Å². The third kappa shape index (κ3) is 5.94. The van der Waals surface area contributed by atoms with E-state index in [2.05, 4.69) is 0 Å². The quantitative estimate of drug-likeness (QED) is 0.648. The van der Waals surface area contributed by atoms with Crippen molar-refractivity contribution in [2.75, 3.05) is 27.4 Å². The molecule has 5 nitrogen and oxygen atoms in total. The van der Waals surface area contributed by atoms with E-state index in [1.54, 1.807) is 14.2 Å². The second-order valence-electron chi connectivity index (χ2n) is 8.51. The smallest absolute Gasteiger partial charge is 0.307 e. The highest BCUT2D eigenvalue weighted by Crippen LogP contribution is 2.35. The summed E-state index contributed by atoms with van der Waals surface area (Å²) in [5.74, 6) is -0.416. The number of allylic oxidation sites excluding steroid dienone is 1. The minimum atomic E-state index is -0.760. The second kappa shape index (κ2) is 10.1. The normalized spacial score (nSPS) is 18.4. The molecule has 1 aromatic carbocycles. The van der Waals surface area contributed by atoms with Crippen molar-refractivity contribution in [1.29, 1.82) is 0 Å². The number of aliphatic carboxylic acids is 1. The van der Waals surface area contributed by atoms with Gasteiger partial charge in [0.25, 0.3) is 0 Å². The summed E-state index contributed by atoms with van der Waals surface area (Å²) in [4.78, 5) is 11.7. The fourth-order valence-corrected chi connectivity index (χ4v) is 3.67. The molecular weight excluding hydrogens is 368 g/mol. The van der Waals surface area contributed by atoms with Crippen LogP contribution in [0.1, 0.15) is 45.2 Å². The van der Waals surface area contributed by atoms with E-state index in [4.69, 9.17) is 14.2 Å². The third-order valence-electron chi connectivity index (χ3n) is 5.41. The number of ether oxygens (including phenoxy) is 3. The van der Waals surface area contributed by atoms with Gasteiger partial charge in [-0.05, 0) is 41.5 Å². The summed E-state index contributed by atoms with van der Waals surface area (Å²) < 4.78 is 17.0. The van der Waals surface area contributed by atoms with E-state index in [9.17, 15) is 9.90 Å². The van der Waals surface area contributed by atoms with Crippen molar-refractivity contribution in [2.45, 2.75) is 46.6 Å². The van der Waals surface area contributed by atoms with Gasteiger partial charge in [0.1, 0.15) is 5.76 Å². The number of carboxylic acid groups (broad SMARTS) is 1. The fraction of sp³-hybridized carbons (Fsp3) is 0.542. The molecule has 0 aliphatic heterocycles. The summed E-state index contributed by atoms with van der Waals surface area (Å²) in [6, 6.07) is 8.06. The van der Waals surface area contributed by atoms with Gasteiger partial charge in [0.2, 0.25) is 0 Å². The summed E-state index contributed by atoms with van der Waals surface area (Å²) in [5.41, 5.74) is 3.88. The van der Waals surface area contributed by atoms with Gasteiger partial charge in [0.05, 0.1) is 25.7 Å². The molecule has 0 bridgehead atoms. The van der Waals surface area contributed by atoms with Crippen molar-refractivity contribution in [3.05, 3.63) is 52.8 Å². The zero-order chi connectivity index (χ0) is 21.6. The lowest BCUT2D eigenvalue weighted by Crippen LogP contribution is -2.30. The molecule has 5 heteroatoms. The number of methoxy groups -OCH3 is 2. The predicted molar refractivity (Wildman–Crippen MR) is 115 cm³/mol. The maximum atomic E-state index is 11.7. The van der Waals surface area contributed by atoms with E-state index in [0.717, 1.165) is 34.5 Å². The van der Waals surface area contributed by atoms with Crippen LogP contribution >= 0.6 is 0 Å². The van der Waals surface area contributed by atoms with Crippen molar-refractivity contribution in [2.24, 2.45) is 11.3 Å². The molecule has 2 unspecified atom stereocenters. The highest BCUT2D eigenvalue weighted by atomic mass is 16.5. The Morgan fingerprint density at radius 3 is 2.34 bits per heavy atom. The Hall–Kier alpha value is -2.11. The van der Waals surface area contributed by atoms with Crippen LogP contribution in [0.15, 0.2) is 41.7 Å². The molecule has 0 amide bonds. The first-order valence-corrected chi connectivity index (χ1v) is 10.1. The summed E-state index contributed by atoms with van der Waals surface area (Å²) in [7, 11) is 3.37. The number of hydrogen-bond donors (Lipinski definition) is 1. The third-order valence-corrected chi connectivity index (χ3v) is 5.41. The van der Waals surface area contributed by atoms with Crippen LogP contribution < -0.4 is 0 Å². The first-order valence-electron chi connectivity index (χ1n) is 10.1. The minimum Gasteiger partial charge on any atom is -0.496 e. The Balaban J connectivity index is 2.31. The minimum absolute atomic E-state index is 0.113. The van der Waals surface area contributed by atoms with E-state index < -0.39 is 11.9 Å². The SMILES string of the molecule is CCOCC1=CC(OC)=C(c2ccc(CC(C(=O)O)C(C)(C)C)cc2)C(OC)C1. The van der Waals surface area contributed by atoms with Crippen LogP contribution in [0.25, 0.3) is 5.57 Å². The van der Waals surface area contributed by atoms with Crippen molar-refractivity contribution < 1.29 is 24.1 Å². The van der Waals surface area contributed by atoms with Gasteiger partial charge in [0.15, 0.2) is 0 Å². The molecule has 1 aliphatic carbocycles. The Labute approximate surface area is 174 Å². The summed E-state index contributed by atoms with van der Waals surface area (Å²) >= 11 is 0. The van der Waals surface area contributed by atoms with Crippen LogP contribution in [-0.4, -0.2) is 44.6 Å². The lowest BCUT2D eigenvalue weighted by Gasteiger charge is -2.28. The van der Waals surface area contributed by atoms with E-state index in [0.29, 0.717) is 19.6 Å². The standard InChI is InChI=1S/C24H34O5/c1-7-29-15-17-13-20(27-5)22(21(14-17)28-6)18-10-8-16(9-11-18)12-19(23(25)26)24(2,3)4/h8-11,13,19,21H,7,12,14-15H2,1-6H3,(H,25,26). The van der Waals surface area contributed by atoms with Gasteiger partial charge in [0, 0.05) is 25.7 Å². The van der Waals surface area contributed by atoms with Crippen LogP contribution in [0.3, 0.4) is 0 Å². The molecule has 1 aliphatic rings. The average Bonchev–Trinajstić information content (AvgIpc) is 2.69. The Bertz CT molecular complexity index is 752. The van der Waals surface area contributed by atoms with Crippen LogP contribution in [0.5, 0.6) is 0 Å². The van der Waals surface area contributed by atoms with E-state index in [1.807, 2.05) is 58.0 Å². The first-order chi connectivity index (χ1) is 13.7. The van der Waals surface area contributed by atoms with Gasteiger partial charge in [-0.2, -0.15) is 0 Å². The molecule has 160 valence electrons. The van der Waals surface area contributed by atoms with Crippen molar-refractivity contribution in [1.82, 2.24) is 0 Å². The number of rotatable bonds is 9. The highest BCUT2D eigenvalue weighted by Gasteiger charge is 2.31. The van der Waals surface area contributed by atoms with Crippen molar-refractivity contribution in [3.8, 4) is 0 Å². The van der Waals surface area contributed by atoms with E-state index in [-0.39, 0.29) is 11.5 Å². The molecule has 1 aromatic rings. The van der Waals surface area contributed by atoms with Gasteiger partial charge in [-0.3, -0.25) is 4.79 Å². The van der Waals surface area contributed by atoms with Crippen LogP contribution in [0.2, 0.25) is 0 Å². The number of carbonyl (C=O) groups is 1. The maximum Gasteiger partial charge on any atom is 0.307 e. The average molecular weight is 403 g/mol. The van der Waals surface area contributed by atoms with Gasteiger partial charge >= 0.3 is 5.97 Å². The molecule has 2 rings (SSSR count). The monoisotopic (exact) mass is 402 g/mol. The van der Waals surface area contributed by atoms with Crippen LogP contribution in [0, 0.1) is 11.3 Å². The second-order valence-corrected chi connectivity index (χ2v) is 8.51. The van der Waals surface area contributed by atoms with Crippen LogP contribution in [0.4, 0.5) is 0 Å². The largest absolute Gasteiger partial charge is 0.496 e. The number of benzene rings is 1. The fourth-order valence-electron chi connectivity index (χ4n) is 3.67. The predicted octanol–water partition coefficient (Wildman–Crippen LogP) is 4.72. The van der Waals surface area contributed by atoms with Gasteiger partial charge in [-0.15, -0.1) is 0 Å². The molecule has 2 atom stereocenters. The van der Waals surface area contributed by atoms with Crippen molar-refractivity contribution in [3.63, 3.8) is 0 Å². The molecule has 29 heavy (non-hydrogen) atoms. The number of carboxylic acids is 1. The Morgan fingerprint density at radius 2 is 1.86 bits per heavy atom. The lowest BCUT2D eigenvalue weighted by atomic mass is 9.77. The molecule has 1 N–H and O–H groups in total. The first kappa shape index (κ1) is 23.2. The van der Waals surface area contributed by atoms with Crippen LogP contribution in [-0.2, 0) is 25.4 Å². The zero-order valence-electron chi connectivity index (χ0n) is 18.5. The summed E-state index contributed by atoms with van der Waals surface area (Å²) in [6.45, 7) is 9.11. The van der Waals surface area contributed by atoms with Gasteiger partial charge < -0.3 is 19.3 Å². The van der Waals surface area contributed by atoms with Gasteiger partial charge in [-0.25, -0.2) is 0 Å². The molecule has 0 saturated carbocycles. The maximum absolute atomic E-state index is 11.7. The molecule has 0 radical (unpaired) electrons. The molecule has 0 fully saturated rings. The highest BCUT2D eigenvalue weighted by molar-refractivity contribution is 5.75. The lowest BCUT2D eigenvalue weighted by molar-refractivity contribution is -0.145. The summed E-state index contributed by atoms with van der Waals surface area (Å²) in [5, 5.41) is 9.59. The summed E-state index contributed by atoms with van der Waals surface area (Å²) in [6.07, 6.45) is 3.18. The molecule has 0 heterocycles. The number of hydrogen-bond acceptors (Lipinski definition) is 4. The molecular formula is C24H34O5. The van der Waals surface area contributed by atoms with E-state index in [1.165, 1.54) is 0 Å². The van der Waals surface area contributed by atoms with Gasteiger partial charge in [-0.1, -0.05) is 45.0 Å². The molecule has 0 spiro atoms. The molecule has 0 aromatic heterocycles. The Kier molecular flexibility index (Phi) is 8.05. The molecule has 0 saturated heterocycles. The van der Waals surface area contributed by atoms with Crippen molar-refractivity contribution >= 4 is 11.5 Å². The van der Waals surface area contributed by atoms with E-state index >= 15 is 0 Å². The zero-order valence-corrected chi connectivity index (χ0v) is 18.5. The Morgan fingerprint density at radius 1 is 1.21 bits per heavy atom.